The second kappa shape index (κ2) is 9.73. The van der Waals surface area contributed by atoms with Gasteiger partial charge in [-0.25, -0.2) is 0 Å². The van der Waals surface area contributed by atoms with E-state index in [0.717, 1.165) is 23.1 Å². The van der Waals surface area contributed by atoms with Crippen molar-refractivity contribution in [3.05, 3.63) is 47.5 Å². The summed E-state index contributed by atoms with van der Waals surface area (Å²) in [6, 6.07) is 10.5. The fraction of sp³-hybridized carbons (Fsp3) is 0.300. The average Bonchev–Trinajstić information content (AvgIpc) is 2.62. The molecule has 0 amide bonds. The van der Waals surface area contributed by atoms with Crippen LogP contribution in [0.15, 0.2) is 41.3 Å². The molecule has 0 saturated heterocycles. The molecule has 0 aliphatic rings. The molecule has 0 aromatic heterocycles. The summed E-state index contributed by atoms with van der Waals surface area (Å²) in [6.07, 6.45) is 1.45. The second-order valence-corrected chi connectivity index (χ2v) is 6.46. The van der Waals surface area contributed by atoms with Gasteiger partial charge in [0.1, 0.15) is 35.9 Å². The molecule has 26 heavy (non-hydrogen) atoms. The maximum absolute atomic E-state index is 11.6. The Kier molecular flexibility index (Phi) is 7.37. The lowest BCUT2D eigenvalue weighted by Gasteiger charge is -2.15. The molecular weight excluding hydrogens is 350 g/mol. The summed E-state index contributed by atoms with van der Waals surface area (Å²) in [5.74, 6) is 1.09. The van der Waals surface area contributed by atoms with Crippen LogP contribution in [0.25, 0.3) is 0 Å². The number of thiocyanates is 1. The third kappa shape index (κ3) is 5.17. The molecule has 2 aromatic rings. The van der Waals surface area contributed by atoms with E-state index in [0.29, 0.717) is 42.3 Å². The van der Waals surface area contributed by atoms with E-state index in [4.69, 9.17) is 14.7 Å². The summed E-state index contributed by atoms with van der Waals surface area (Å²) in [4.78, 5) is 12.4. The highest BCUT2D eigenvalue weighted by atomic mass is 32.2. The molecule has 0 radical (unpaired) electrons. The van der Waals surface area contributed by atoms with Crippen molar-refractivity contribution in [1.29, 1.82) is 5.26 Å². The molecule has 2 rings (SSSR count). The number of benzene rings is 2. The fourth-order valence-corrected chi connectivity index (χ4v) is 2.87. The summed E-state index contributed by atoms with van der Waals surface area (Å²) >= 11 is 1.10. The van der Waals surface area contributed by atoms with Crippen molar-refractivity contribution < 1.29 is 19.4 Å². The van der Waals surface area contributed by atoms with E-state index in [1.165, 1.54) is 6.92 Å². The third-order valence-electron chi connectivity index (χ3n) is 3.72. The number of nitriles is 1. The van der Waals surface area contributed by atoms with E-state index >= 15 is 0 Å². The molecule has 0 aliphatic carbocycles. The maximum Gasteiger partial charge on any atom is 0.163 e. The van der Waals surface area contributed by atoms with Gasteiger partial charge in [-0.05, 0) is 61.5 Å². The van der Waals surface area contributed by atoms with Crippen molar-refractivity contribution in [3.63, 3.8) is 0 Å². The SMILES string of the molecule is CCCc1c(OCCOc2ccc(SC#N)cc2)ccc(C(C)=O)c1O. The molecule has 5 nitrogen and oxygen atoms in total. The number of thioether (sulfide) groups is 1. The van der Waals surface area contributed by atoms with Gasteiger partial charge in [-0.2, -0.15) is 5.26 Å². The lowest BCUT2D eigenvalue weighted by Crippen LogP contribution is -2.10. The van der Waals surface area contributed by atoms with E-state index < -0.39 is 0 Å². The van der Waals surface area contributed by atoms with E-state index in [2.05, 4.69) is 0 Å². The Hall–Kier alpha value is -2.65. The van der Waals surface area contributed by atoms with Crippen LogP contribution in [0.4, 0.5) is 0 Å². The van der Waals surface area contributed by atoms with E-state index in [9.17, 15) is 9.90 Å². The zero-order valence-corrected chi connectivity index (χ0v) is 15.6. The molecule has 2 aromatic carbocycles. The molecule has 0 atom stereocenters. The first kappa shape index (κ1) is 19.7. The first-order valence-electron chi connectivity index (χ1n) is 8.34. The lowest BCUT2D eigenvalue weighted by molar-refractivity contribution is 0.101. The predicted molar refractivity (Wildman–Crippen MR) is 101 cm³/mol. The second-order valence-electron chi connectivity index (χ2n) is 5.61. The highest BCUT2D eigenvalue weighted by Crippen LogP contribution is 2.33. The van der Waals surface area contributed by atoms with Gasteiger partial charge in [-0.3, -0.25) is 4.79 Å². The Labute approximate surface area is 157 Å². The largest absolute Gasteiger partial charge is 0.507 e. The molecule has 0 heterocycles. The van der Waals surface area contributed by atoms with Crippen molar-refractivity contribution in [3.8, 4) is 22.6 Å². The van der Waals surface area contributed by atoms with Gasteiger partial charge >= 0.3 is 0 Å². The quantitative estimate of drug-likeness (QED) is 0.301. The van der Waals surface area contributed by atoms with Crippen LogP contribution in [0.1, 0.15) is 36.2 Å². The zero-order valence-electron chi connectivity index (χ0n) is 14.8. The van der Waals surface area contributed by atoms with Crippen molar-refractivity contribution >= 4 is 17.5 Å². The van der Waals surface area contributed by atoms with E-state index in [1.807, 2.05) is 24.5 Å². The number of hydrogen-bond donors (Lipinski definition) is 1. The van der Waals surface area contributed by atoms with Crippen LogP contribution < -0.4 is 9.47 Å². The van der Waals surface area contributed by atoms with Crippen molar-refractivity contribution in [1.82, 2.24) is 0 Å². The van der Waals surface area contributed by atoms with Crippen LogP contribution in [-0.4, -0.2) is 24.1 Å². The Bertz CT molecular complexity index is 797. The monoisotopic (exact) mass is 371 g/mol. The number of Topliss-reactive ketones (excluding diaryl/α,β-unsaturated/α-hetero) is 1. The van der Waals surface area contributed by atoms with Gasteiger partial charge in [0.25, 0.3) is 0 Å². The summed E-state index contributed by atoms with van der Waals surface area (Å²) in [7, 11) is 0. The van der Waals surface area contributed by atoms with Crippen molar-refractivity contribution in [2.45, 2.75) is 31.6 Å². The van der Waals surface area contributed by atoms with Gasteiger partial charge < -0.3 is 14.6 Å². The Morgan fingerprint density at radius 3 is 2.46 bits per heavy atom. The molecule has 0 saturated carbocycles. The normalized spacial score (nSPS) is 10.2. The number of rotatable bonds is 9. The molecule has 0 aliphatic heterocycles. The first-order valence-corrected chi connectivity index (χ1v) is 9.15. The number of carbonyl (C=O) groups excluding carboxylic acids is 1. The standard InChI is InChI=1S/C20H21NO4S/c1-3-4-18-19(10-9-17(14(2)22)20(18)23)25-12-11-24-15-5-7-16(8-6-15)26-13-21/h5-10,23H,3-4,11-12H2,1-2H3. The van der Waals surface area contributed by atoms with Crippen LogP contribution in [0.5, 0.6) is 17.2 Å². The maximum atomic E-state index is 11.6. The van der Waals surface area contributed by atoms with Crippen LogP contribution in [0.3, 0.4) is 0 Å². The molecule has 0 bridgehead atoms. The minimum Gasteiger partial charge on any atom is -0.507 e. The smallest absolute Gasteiger partial charge is 0.163 e. The summed E-state index contributed by atoms with van der Waals surface area (Å²) in [5.41, 5.74) is 0.963. The van der Waals surface area contributed by atoms with Gasteiger partial charge in [-0.15, -0.1) is 0 Å². The van der Waals surface area contributed by atoms with Gasteiger partial charge in [-0.1, -0.05) is 13.3 Å². The number of nitrogens with zero attached hydrogens (tertiary/aromatic N) is 1. The number of ketones is 1. The van der Waals surface area contributed by atoms with Gasteiger partial charge in [0.2, 0.25) is 0 Å². The molecule has 136 valence electrons. The van der Waals surface area contributed by atoms with Crippen LogP contribution >= 0.6 is 11.8 Å². The summed E-state index contributed by atoms with van der Waals surface area (Å²) in [5, 5.41) is 21.0. The Morgan fingerprint density at radius 2 is 1.85 bits per heavy atom. The van der Waals surface area contributed by atoms with Crippen LogP contribution in [0, 0.1) is 10.7 Å². The molecule has 0 unspecified atom stereocenters. The number of ether oxygens (including phenoxy) is 2. The third-order valence-corrected chi connectivity index (χ3v) is 4.32. The number of hydrogen-bond acceptors (Lipinski definition) is 6. The Balaban J connectivity index is 1.95. The number of carbonyl (C=O) groups is 1. The van der Waals surface area contributed by atoms with E-state index in [1.54, 1.807) is 24.3 Å². The zero-order chi connectivity index (χ0) is 18.9. The summed E-state index contributed by atoms with van der Waals surface area (Å²) < 4.78 is 11.4. The van der Waals surface area contributed by atoms with Gasteiger partial charge in [0.15, 0.2) is 5.78 Å². The van der Waals surface area contributed by atoms with E-state index in [-0.39, 0.29) is 11.5 Å². The predicted octanol–water partition coefficient (Wildman–Crippen LogP) is 4.58. The van der Waals surface area contributed by atoms with Crippen molar-refractivity contribution in [2.24, 2.45) is 0 Å². The van der Waals surface area contributed by atoms with Gasteiger partial charge in [0, 0.05) is 10.5 Å². The van der Waals surface area contributed by atoms with Crippen LogP contribution in [0.2, 0.25) is 0 Å². The highest BCUT2D eigenvalue weighted by molar-refractivity contribution is 8.03. The Morgan fingerprint density at radius 1 is 1.15 bits per heavy atom. The minimum absolute atomic E-state index is 0.00310. The molecule has 1 N–H and O–H groups in total. The van der Waals surface area contributed by atoms with Gasteiger partial charge in [0.05, 0.1) is 5.56 Å². The topological polar surface area (TPSA) is 79.5 Å². The average molecular weight is 371 g/mol. The number of phenolic OH excluding ortho intramolecular Hbond substituents is 1. The van der Waals surface area contributed by atoms with Crippen molar-refractivity contribution in [2.75, 3.05) is 13.2 Å². The first-order chi connectivity index (χ1) is 12.6. The summed E-state index contributed by atoms with van der Waals surface area (Å²) in [6.45, 7) is 4.08. The lowest BCUT2D eigenvalue weighted by atomic mass is 10.0. The van der Waals surface area contributed by atoms with Crippen LogP contribution in [-0.2, 0) is 6.42 Å². The number of phenols is 1. The molecule has 0 fully saturated rings. The molecule has 6 heteroatoms. The molecular formula is C20H21NO4S. The highest BCUT2D eigenvalue weighted by Gasteiger charge is 2.15. The minimum atomic E-state index is -0.173. The number of aromatic hydroxyl groups is 1. The molecule has 0 spiro atoms. The fourth-order valence-electron chi connectivity index (χ4n) is 2.50.